The molecule has 0 spiro atoms. The molecule has 2 heterocycles. The summed E-state index contributed by atoms with van der Waals surface area (Å²) >= 11 is 1.12. The zero-order chi connectivity index (χ0) is 14.7. The molecule has 0 fully saturated rings. The Morgan fingerprint density at radius 2 is 2.25 bits per heavy atom. The topological polar surface area (TPSA) is 130 Å². The predicted octanol–water partition coefficient (Wildman–Crippen LogP) is -0.712. The van der Waals surface area contributed by atoms with Crippen molar-refractivity contribution in [1.29, 1.82) is 0 Å². The molecular weight excluding hydrogens is 286 g/mol. The molecule has 9 nitrogen and oxygen atoms in total. The molecule has 106 valence electrons. The number of carbonyl (C=O) groups is 2. The van der Waals surface area contributed by atoms with Crippen molar-refractivity contribution in [2.75, 3.05) is 0 Å². The van der Waals surface area contributed by atoms with Gasteiger partial charge < -0.3 is 15.5 Å². The summed E-state index contributed by atoms with van der Waals surface area (Å²) in [6.07, 6.45) is 0.107. The lowest BCUT2D eigenvalue weighted by Crippen LogP contribution is -2.47. The molecule has 0 aliphatic heterocycles. The molecule has 1 amide bonds. The molecule has 2 aromatic rings. The number of aromatic nitrogens is 4. The summed E-state index contributed by atoms with van der Waals surface area (Å²) in [6, 6.07) is 0.250. The van der Waals surface area contributed by atoms with Crippen molar-refractivity contribution in [1.82, 2.24) is 25.5 Å². The van der Waals surface area contributed by atoms with E-state index in [4.69, 9.17) is 5.11 Å². The normalized spacial score (nSPS) is 13.7. The molecule has 10 heteroatoms. The number of carbonyl (C=O) groups excluding carboxylic acids is 1. The largest absolute Gasteiger partial charge is 0.480 e. The summed E-state index contributed by atoms with van der Waals surface area (Å²) < 4.78 is 1.30. The van der Waals surface area contributed by atoms with Gasteiger partial charge >= 0.3 is 5.97 Å². The Morgan fingerprint density at radius 3 is 2.80 bits per heavy atom. The first-order valence-electron chi connectivity index (χ1n) is 5.53. The van der Waals surface area contributed by atoms with Gasteiger partial charge in [-0.25, -0.2) is 4.79 Å². The fourth-order valence-corrected chi connectivity index (χ4v) is 2.30. The van der Waals surface area contributed by atoms with Gasteiger partial charge in [-0.15, -0.1) is 16.4 Å². The van der Waals surface area contributed by atoms with Crippen LogP contribution in [0.1, 0.15) is 16.6 Å². The summed E-state index contributed by atoms with van der Waals surface area (Å²) in [7, 11) is 0. The van der Waals surface area contributed by atoms with E-state index < -0.39 is 24.0 Å². The van der Waals surface area contributed by atoms with E-state index >= 15 is 0 Å². The first-order valence-corrected chi connectivity index (χ1v) is 6.41. The summed E-state index contributed by atoms with van der Waals surface area (Å²) in [6.45, 7) is 1.29. The van der Waals surface area contributed by atoms with Gasteiger partial charge in [0.15, 0.2) is 6.04 Å². The van der Waals surface area contributed by atoms with Gasteiger partial charge in [-0.3, -0.25) is 4.79 Å². The lowest BCUT2D eigenvalue weighted by molar-refractivity contribution is -0.141. The van der Waals surface area contributed by atoms with Gasteiger partial charge in [0.1, 0.15) is 11.2 Å². The number of nitrogens with zero attached hydrogens (tertiary/aromatic N) is 4. The fourth-order valence-electron chi connectivity index (χ4n) is 1.52. The van der Waals surface area contributed by atoms with E-state index in [1.165, 1.54) is 17.9 Å². The summed E-state index contributed by atoms with van der Waals surface area (Å²) in [5, 5.41) is 32.8. The van der Waals surface area contributed by atoms with Crippen LogP contribution < -0.4 is 5.32 Å². The molecule has 0 aromatic carbocycles. The highest BCUT2D eigenvalue weighted by Gasteiger charge is 2.27. The van der Waals surface area contributed by atoms with Crippen LogP contribution in [0.4, 0.5) is 0 Å². The van der Waals surface area contributed by atoms with Gasteiger partial charge in [0, 0.05) is 0 Å². The van der Waals surface area contributed by atoms with Crippen molar-refractivity contribution in [3.63, 3.8) is 0 Å². The van der Waals surface area contributed by atoms with Crippen LogP contribution in [0.3, 0.4) is 0 Å². The molecular formula is C10H11N5O4S. The van der Waals surface area contributed by atoms with Gasteiger partial charge in [0.2, 0.25) is 0 Å². The van der Waals surface area contributed by atoms with Gasteiger partial charge in [0.25, 0.3) is 5.91 Å². The van der Waals surface area contributed by atoms with Crippen LogP contribution in [0.25, 0.3) is 5.69 Å². The summed E-state index contributed by atoms with van der Waals surface area (Å²) in [4.78, 5) is 23.3. The zero-order valence-corrected chi connectivity index (χ0v) is 11.1. The second-order valence-electron chi connectivity index (χ2n) is 3.92. The van der Waals surface area contributed by atoms with E-state index in [1.807, 2.05) is 0 Å². The maximum atomic E-state index is 12.1. The number of aliphatic hydroxyl groups excluding tert-OH is 1. The third-order valence-electron chi connectivity index (χ3n) is 2.48. The molecule has 0 saturated carbocycles. The highest BCUT2D eigenvalue weighted by molar-refractivity contribution is 7.12. The second-order valence-corrected chi connectivity index (χ2v) is 4.84. The minimum atomic E-state index is -1.38. The van der Waals surface area contributed by atoms with Crippen LogP contribution >= 0.6 is 11.3 Å². The van der Waals surface area contributed by atoms with E-state index in [-0.39, 0.29) is 4.88 Å². The SMILES string of the molecule is C[C@@H](O)[C@H](NC(=O)c1sccc1-n1cnnn1)C(=O)O. The van der Waals surface area contributed by atoms with Crippen molar-refractivity contribution in [3.8, 4) is 5.69 Å². The number of aliphatic hydroxyl groups is 1. The average Bonchev–Trinajstić information content (AvgIpc) is 3.03. The third-order valence-corrected chi connectivity index (χ3v) is 3.38. The number of carboxylic acid groups (broad SMARTS) is 1. The molecule has 20 heavy (non-hydrogen) atoms. The van der Waals surface area contributed by atoms with E-state index in [9.17, 15) is 14.7 Å². The monoisotopic (exact) mass is 297 g/mol. The number of carboxylic acids is 1. The summed E-state index contributed by atoms with van der Waals surface area (Å²) in [5.41, 5.74) is 0.437. The number of hydrogen-bond donors (Lipinski definition) is 3. The molecule has 3 N–H and O–H groups in total. The van der Waals surface area contributed by atoms with Crippen LogP contribution in [0, 0.1) is 0 Å². The van der Waals surface area contributed by atoms with Crippen molar-refractivity contribution < 1.29 is 19.8 Å². The smallest absolute Gasteiger partial charge is 0.328 e. The molecule has 0 aliphatic carbocycles. The van der Waals surface area contributed by atoms with Crippen LogP contribution in [-0.2, 0) is 4.79 Å². The Morgan fingerprint density at radius 1 is 1.50 bits per heavy atom. The molecule has 0 aliphatic rings. The number of thiophene rings is 1. The highest BCUT2D eigenvalue weighted by Crippen LogP contribution is 2.20. The van der Waals surface area contributed by atoms with E-state index in [1.54, 1.807) is 11.4 Å². The van der Waals surface area contributed by atoms with Gasteiger partial charge in [-0.05, 0) is 28.8 Å². The van der Waals surface area contributed by atoms with Crippen LogP contribution in [-0.4, -0.2) is 54.4 Å². The number of rotatable bonds is 5. The van der Waals surface area contributed by atoms with Gasteiger partial charge in [-0.1, -0.05) is 0 Å². The van der Waals surface area contributed by atoms with Crippen molar-refractivity contribution in [2.24, 2.45) is 0 Å². The molecule has 0 saturated heterocycles. The molecule has 2 aromatic heterocycles. The number of aliphatic carboxylic acids is 1. The minimum Gasteiger partial charge on any atom is -0.480 e. The zero-order valence-electron chi connectivity index (χ0n) is 10.3. The quantitative estimate of drug-likeness (QED) is 0.664. The molecule has 2 rings (SSSR count). The first-order chi connectivity index (χ1) is 9.50. The van der Waals surface area contributed by atoms with Crippen molar-refractivity contribution in [3.05, 3.63) is 22.7 Å². The Balaban J connectivity index is 2.22. The third kappa shape index (κ3) is 2.81. The Kier molecular flexibility index (Phi) is 4.05. The first kappa shape index (κ1) is 14.1. The maximum Gasteiger partial charge on any atom is 0.328 e. The van der Waals surface area contributed by atoms with Crippen molar-refractivity contribution in [2.45, 2.75) is 19.1 Å². The molecule has 0 unspecified atom stereocenters. The standard InChI is InChI=1S/C10H11N5O4S/c1-5(16)7(10(18)19)12-9(17)8-6(2-3-20-8)15-4-11-13-14-15/h2-5,7,16H,1H3,(H,12,17)(H,18,19)/t5-,7+/m1/s1. The van der Waals surface area contributed by atoms with Crippen molar-refractivity contribution >= 4 is 23.2 Å². The fraction of sp³-hybridized carbons (Fsp3) is 0.300. The number of hydrogen-bond acceptors (Lipinski definition) is 7. The summed E-state index contributed by atoms with van der Waals surface area (Å²) in [5.74, 6) is -1.92. The minimum absolute atomic E-state index is 0.254. The molecule has 0 bridgehead atoms. The Hall–Kier alpha value is -2.33. The Bertz CT molecular complexity index is 609. The van der Waals surface area contributed by atoms with E-state index in [0.717, 1.165) is 11.3 Å². The highest BCUT2D eigenvalue weighted by atomic mass is 32.1. The van der Waals surface area contributed by atoms with Gasteiger partial charge in [-0.2, -0.15) is 4.68 Å². The lowest BCUT2D eigenvalue weighted by atomic mass is 10.2. The lowest BCUT2D eigenvalue weighted by Gasteiger charge is -2.16. The maximum absolute atomic E-state index is 12.1. The number of nitrogens with one attached hydrogen (secondary N) is 1. The number of amides is 1. The number of tetrazole rings is 1. The Labute approximate surface area is 116 Å². The van der Waals surface area contributed by atoms with Crippen LogP contribution in [0.2, 0.25) is 0 Å². The molecule has 2 atom stereocenters. The van der Waals surface area contributed by atoms with Crippen LogP contribution in [0.15, 0.2) is 17.8 Å². The second kappa shape index (κ2) is 5.75. The van der Waals surface area contributed by atoms with Gasteiger partial charge in [0.05, 0.1) is 11.8 Å². The van der Waals surface area contributed by atoms with Crippen LogP contribution in [0.5, 0.6) is 0 Å². The van der Waals surface area contributed by atoms with E-state index in [0.29, 0.717) is 5.69 Å². The predicted molar refractivity (Wildman–Crippen MR) is 67.6 cm³/mol. The van der Waals surface area contributed by atoms with E-state index in [2.05, 4.69) is 20.8 Å². The molecule has 0 radical (unpaired) electrons. The average molecular weight is 297 g/mol.